The lowest BCUT2D eigenvalue weighted by atomic mass is 10.1. The van der Waals surface area contributed by atoms with Crippen molar-refractivity contribution >= 4 is 10.9 Å². The van der Waals surface area contributed by atoms with E-state index in [0.717, 1.165) is 10.9 Å². The van der Waals surface area contributed by atoms with E-state index >= 15 is 0 Å². The Bertz CT molecular complexity index is 805. The van der Waals surface area contributed by atoms with E-state index in [1.807, 2.05) is 24.3 Å². The van der Waals surface area contributed by atoms with Gasteiger partial charge in [0.05, 0.1) is 5.52 Å². The summed E-state index contributed by atoms with van der Waals surface area (Å²) < 4.78 is 5.80. The Morgan fingerprint density at radius 3 is 2.55 bits per heavy atom. The summed E-state index contributed by atoms with van der Waals surface area (Å²) in [6, 6.07) is 15.9. The number of benzene rings is 2. The molecule has 0 radical (unpaired) electrons. The number of hydrogen-bond donors (Lipinski definition) is 1. The lowest BCUT2D eigenvalue weighted by Crippen LogP contribution is -1.92. The molecule has 1 N–H and O–H groups in total. The molecule has 0 unspecified atom stereocenters. The van der Waals surface area contributed by atoms with Gasteiger partial charge in [-0.3, -0.25) is 4.98 Å². The number of aromatic hydroxyl groups is 1. The number of fused-ring (bicyclic) bond motifs is 1. The van der Waals surface area contributed by atoms with Gasteiger partial charge in [0.2, 0.25) is 0 Å². The van der Waals surface area contributed by atoms with Crippen molar-refractivity contribution in [1.29, 1.82) is 5.26 Å². The molecule has 3 aromatic rings. The van der Waals surface area contributed by atoms with Gasteiger partial charge in [0, 0.05) is 11.6 Å². The summed E-state index contributed by atoms with van der Waals surface area (Å²) in [5.74, 6) is 1.19. The average Bonchev–Trinajstić information content (AvgIpc) is 2.50. The number of ether oxygens (including phenoxy) is 1. The van der Waals surface area contributed by atoms with E-state index in [1.165, 1.54) is 18.3 Å². The number of pyridine rings is 1. The molecule has 96 valence electrons. The Labute approximate surface area is 115 Å². The molecule has 0 atom stereocenters. The van der Waals surface area contributed by atoms with Crippen molar-refractivity contribution in [3.8, 4) is 23.3 Å². The minimum absolute atomic E-state index is 0.164. The van der Waals surface area contributed by atoms with Gasteiger partial charge in [-0.15, -0.1) is 0 Å². The lowest BCUT2D eigenvalue weighted by Gasteiger charge is -2.10. The predicted molar refractivity (Wildman–Crippen MR) is 74.6 cm³/mol. The van der Waals surface area contributed by atoms with Crippen molar-refractivity contribution < 1.29 is 9.84 Å². The Morgan fingerprint density at radius 2 is 1.80 bits per heavy atom. The van der Waals surface area contributed by atoms with E-state index in [0.29, 0.717) is 17.1 Å². The molecule has 0 aliphatic heterocycles. The average molecular weight is 262 g/mol. The van der Waals surface area contributed by atoms with Crippen LogP contribution >= 0.6 is 0 Å². The number of nitrogens with zero attached hydrogens (tertiary/aromatic N) is 2. The molecule has 0 spiro atoms. The zero-order valence-corrected chi connectivity index (χ0v) is 10.4. The number of phenolic OH excluding ortho intramolecular Hbond substituents is 1. The maximum Gasteiger partial charge on any atom is 0.156 e. The van der Waals surface area contributed by atoms with Crippen LogP contribution in [0.4, 0.5) is 0 Å². The Balaban J connectivity index is 2.14. The molecule has 0 saturated carbocycles. The fraction of sp³-hybridized carbons (Fsp3) is 0. The molecule has 20 heavy (non-hydrogen) atoms. The Morgan fingerprint density at radius 1 is 1.05 bits per heavy atom. The van der Waals surface area contributed by atoms with Crippen molar-refractivity contribution in [1.82, 2.24) is 4.98 Å². The fourth-order valence-electron chi connectivity index (χ4n) is 1.94. The van der Waals surface area contributed by atoms with Crippen molar-refractivity contribution in [2.45, 2.75) is 0 Å². The Kier molecular flexibility index (Phi) is 2.94. The highest BCUT2D eigenvalue weighted by molar-refractivity contribution is 5.87. The first-order valence-electron chi connectivity index (χ1n) is 6.02. The standard InChI is InChI=1S/C16H10N2O2/c17-9-11-10-18-15-4-2-1-3-14(15)16(11)20-13-7-5-12(19)6-8-13/h1-8,10,19H. The van der Waals surface area contributed by atoms with Gasteiger partial charge in [0.15, 0.2) is 5.75 Å². The summed E-state index contributed by atoms with van der Waals surface area (Å²) in [6.45, 7) is 0. The van der Waals surface area contributed by atoms with E-state index in [1.54, 1.807) is 12.1 Å². The molecule has 1 heterocycles. The van der Waals surface area contributed by atoms with Crippen LogP contribution in [0.1, 0.15) is 5.56 Å². The quantitative estimate of drug-likeness (QED) is 0.766. The molecule has 3 rings (SSSR count). The van der Waals surface area contributed by atoms with Gasteiger partial charge < -0.3 is 9.84 Å². The van der Waals surface area contributed by atoms with E-state index < -0.39 is 0 Å². The molecular weight excluding hydrogens is 252 g/mol. The van der Waals surface area contributed by atoms with Gasteiger partial charge in [-0.05, 0) is 36.4 Å². The van der Waals surface area contributed by atoms with Crippen molar-refractivity contribution in [2.24, 2.45) is 0 Å². The SMILES string of the molecule is N#Cc1cnc2ccccc2c1Oc1ccc(O)cc1. The number of para-hydroxylation sites is 1. The second kappa shape index (κ2) is 4.90. The normalized spacial score (nSPS) is 10.2. The summed E-state index contributed by atoms with van der Waals surface area (Å²) in [5.41, 5.74) is 1.14. The first-order chi connectivity index (χ1) is 9.78. The highest BCUT2D eigenvalue weighted by Crippen LogP contribution is 2.32. The molecule has 1 aromatic heterocycles. The second-order valence-electron chi connectivity index (χ2n) is 4.23. The summed E-state index contributed by atoms with van der Waals surface area (Å²) in [5, 5.41) is 19.2. The highest BCUT2D eigenvalue weighted by Gasteiger charge is 2.10. The van der Waals surface area contributed by atoms with Crippen LogP contribution in [0, 0.1) is 11.3 Å². The van der Waals surface area contributed by atoms with Crippen LogP contribution in [0.2, 0.25) is 0 Å². The summed E-state index contributed by atoms with van der Waals surface area (Å²) >= 11 is 0. The van der Waals surface area contributed by atoms with Crippen LogP contribution in [0.15, 0.2) is 54.7 Å². The summed E-state index contributed by atoms with van der Waals surface area (Å²) in [4.78, 5) is 4.23. The van der Waals surface area contributed by atoms with Crippen LogP contribution in [-0.2, 0) is 0 Å². The molecule has 0 aliphatic carbocycles. The zero-order chi connectivity index (χ0) is 13.9. The van der Waals surface area contributed by atoms with E-state index in [4.69, 9.17) is 4.74 Å². The number of rotatable bonds is 2. The summed E-state index contributed by atoms with van der Waals surface area (Å²) in [7, 11) is 0. The maximum absolute atomic E-state index is 9.28. The number of hydrogen-bond acceptors (Lipinski definition) is 4. The van der Waals surface area contributed by atoms with E-state index in [2.05, 4.69) is 11.1 Å². The minimum Gasteiger partial charge on any atom is -0.508 e. The monoisotopic (exact) mass is 262 g/mol. The van der Waals surface area contributed by atoms with Crippen LogP contribution in [0.3, 0.4) is 0 Å². The van der Waals surface area contributed by atoms with Crippen molar-refractivity contribution in [2.75, 3.05) is 0 Å². The topological polar surface area (TPSA) is 66.1 Å². The van der Waals surface area contributed by atoms with Crippen LogP contribution < -0.4 is 4.74 Å². The van der Waals surface area contributed by atoms with E-state index in [-0.39, 0.29) is 5.75 Å². The molecular formula is C16H10N2O2. The smallest absolute Gasteiger partial charge is 0.156 e. The molecule has 4 nitrogen and oxygen atoms in total. The van der Waals surface area contributed by atoms with Gasteiger partial charge >= 0.3 is 0 Å². The van der Waals surface area contributed by atoms with Gasteiger partial charge in [-0.25, -0.2) is 0 Å². The number of aromatic nitrogens is 1. The maximum atomic E-state index is 9.28. The molecule has 4 heteroatoms. The minimum atomic E-state index is 0.164. The van der Waals surface area contributed by atoms with Gasteiger partial charge in [-0.1, -0.05) is 12.1 Å². The van der Waals surface area contributed by atoms with Crippen LogP contribution in [-0.4, -0.2) is 10.1 Å². The van der Waals surface area contributed by atoms with E-state index in [9.17, 15) is 10.4 Å². The van der Waals surface area contributed by atoms with Crippen LogP contribution in [0.5, 0.6) is 17.2 Å². The third-order valence-corrected chi connectivity index (χ3v) is 2.90. The fourth-order valence-corrected chi connectivity index (χ4v) is 1.94. The predicted octanol–water partition coefficient (Wildman–Crippen LogP) is 3.60. The molecule has 0 fully saturated rings. The highest BCUT2D eigenvalue weighted by atomic mass is 16.5. The number of phenols is 1. The van der Waals surface area contributed by atoms with Crippen molar-refractivity contribution in [3.63, 3.8) is 0 Å². The van der Waals surface area contributed by atoms with Gasteiger partial charge in [0.1, 0.15) is 23.1 Å². The molecule has 0 bridgehead atoms. The van der Waals surface area contributed by atoms with Crippen LogP contribution in [0.25, 0.3) is 10.9 Å². The first kappa shape index (κ1) is 12.0. The second-order valence-corrected chi connectivity index (χ2v) is 4.23. The summed E-state index contributed by atoms with van der Waals surface area (Å²) in [6.07, 6.45) is 1.50. The van der Waals surface area contributed by atoms with Gasteiger partial charge in [-0.2, -0.15) is 5.26 Å². The molecule has 2 aromatic carbocycles. The van der Waals surface area contributed by atoms with Gasteiger partial charge in [0.25, 0.3) is 0 Å². The molecule has 0 aliphatic rings. The largest absolute Gasteiger partial charge is 0.508 e. The molecule has 0 saturated heterocycles. The zero-order valence-electron chi connectivity index (χ0n) is 10.4. The third-order valence-electron chi connectivity index (χ3n) is 2.90. The first-order valence-corrected chi connectivity index (χ1v) is 6.02. The number of nitriles is 1. The molecule has 0 amide bonds. The Hall–Kier alpha value is -3.06. The van der Waals surface area contributed by atoms with Crippen molar-refractivity contribution in [3.05, 3.63) is 60.3 Å². The lowest BCUT2D eigenvalue weighted by molar-refractivity contribution is 0.465. The third kappa shape index (κ3) is 2.13.